The minimum absolute atomic E-state index is 0. The molecule has 0 unspecified atom stereocenters. The molecule has 4 heteroatoms. The summed E-state index contributed by atoms with van der Waals surface area (Å²) >= 11 is 1.90. The summed E-state index contributed by atoms with van der Waals surface area (Å²) < 4.78 is 0.414. The Bertz CT molecular complexity index is 46.8. The second-order valence-corrected chi connectivity index (χ2v) is 1.36. The van der Waals surface area contributed by atoms with Crippen LogP contribution in [0.1, 0.15) is 0 Å². The predicted molar refractivity (Wildman–Crippen MR) is 31.7 cm³/mol. The molecule has 0 fully saturated rings. The lowest BCUT2D eigenvalue weighted by atomic mass is 10.8. The highest BCUT2D eigenvalue weighted by molar-refractivity contribution is 14.1. The number of alkyl halides is 1. The molecule has 0 aliphatic carbocycles. The maximum atomic E-state index is 9.58. The quantitative estimate of drug-likeness (QED) is 0.434. The van der Waals surface area contributed by atoms with Crippen LogP contribution in [0.3, 0.4) is 0 Å². The van der Waals surface area contributed by atoms with Crippen LogP contribution in [0.2, 0.25) is 0 Å². The average Bonchev–Trinajstić information content (AvgIpc) is 1.38. The van der Waals surface area contributed by atoms with Crippen LogP contribution in [0.15, 0.2) is 0 Å². The molecule has 0 aliphatic heterocycles. The summed E-state index contributed by atoms with van der Waals surface area (Å²) in [5.41, 5.74) is 4.65. The highest BCUT2D eigenvalue weighted by atomic mass is 127. The number of hydrogen-bond acceptors (Lipinski definition) is 1. The normalized spacial score (nSPS) is 6.17. The Kier molecular flexibility index (Phi) is 8.15. The van der Waals surface area contributed by atoms with E-state index >= 15 is 0 Å². The fraction of sp³-hybridized carbons (Fsp3) is 0.500. The van der Waals surface area contributed by atoms with Gasteiger partial charge in [-0.3, -0.25) is 4.79 Å². The van der Waals surface area contributed by atoms with Crippen LogP contribution < -0.4 is 5.73 Å². The molecule has 0 aromatic rings. The highest BCUT2D eigenvalue weighted by Crippen LogP contribution is 1.72. The Morgan fingerprint density at radius 1 is 1.83 bits per heavy atom. The first kappa shape index (κ1) is 9.48. The number of amides is 1. The SMILES string of the molecule is NC(=O)CI.O. The van der Waals surface area contributed by atoms with E-state index < -0.39 is 0 Å². The third-order valence-corrected chi connectivity index (χ3v) is 0.884. The number of rotatable bonds is 1. The van der Waals surface area contributed by atoms with E-state index in [1.54, 1.807) is 0 Å². The molecule has 0 rings (SSSR count). The van der Waals surface area contributed by atoms with Gasteiger partial charge in [0.2, 0.25) is 5.91 Å². The maximum absolute atomic E-state index is 9.58. The first-order chi connectivity index (χ1) is 2.27. The molecule has 6 heavy (non-hydrogen) atoms. The maximum Gasteiger partial charge on any atom is 0.227 e. The lowest BCUT2D eigenvalue weighted by Crippen LogP contribution is -2.10. The van der Waals surface area contributed by atoms with Gasteiger partial charge in [0.25, 0.3) is 0 Å². The molecule has 0 aliphatic rings. The molecule has 4 N–H and O–H groups in total. The summed E-state index contributed by atoms with van der Waals surface area (Å²) in [6.07, 6.45) is 0. The molecule has 0 saturated carbocycles. The second kappa shape index (κ2) is 5.16. The van der Waals surface area contributed by atoms with Gasteiger partial charge < -0.3 is 11.2 Å². The zero-order valence-electron chi connectivity index (χ0n) is 3.07. The second-order valence-electron chi connectivity index (χ2n) is 0.600. The van der Waals surface area contributed by atoms with Crippen LogP contribution in [-0.2, 0) is 4.79 Å². The van der Waals surface area contributed by atoms with E-state index in [1.165, 1.54) is 0 Å². The molecule has 3 nitrogen and oxygen atoms in total. The first-order valence-corrected chi connectivity index (χ1v) is 2.64. The van der Waals surface area contributed by atoms with Gasteiger partial charge in [-0.1, -0.05) is 22.6 Å². The van der Waals surface area contributed by atoms with Crippen LogP contribution in [0.25, 0.3) is 0 Å². The summed E-state index contributed by atoms with van der Waals surface area (Å²) in [5.74, 6) is -0.259. The van der Waals surface area contributed by atoms with Crippen LogP contribution in [-0.4, -0.2) is 15.8 Å². The van der Waals surface area contributed by atoms with Gasteiger partial charge >= 0.3 is 0 Å². The van der Waals surface area contributed by atoms with Crippen molar-refractivity contribution in [1.82, 2.24) is 0 Å². The molecule has 0 radical (unpaired) electrons. The van der Waals surface area contributed by atoms with E-state index in [2.05, 4.69) is 5.73 Å². The monoisotopic (exact) mass is 203 g/mol. The van der Waals surface area contributed by atoms with Crippen molar-refractivity contribution in [1.29, 1.82) is 0 Å². The van der Waals surface area contributed by atoms with Gasteiger partial charge in [0.1, 0.15) is 0 Å². The van der Waals surface area contributed by atoms with Crippen molar-refractivity contribution < 1.29 is 10.3 Å². The largest absolute Gasteiger partial charge is 0.412 e. The Hall–Kier alpha value is 0.160. The van der Waals surface area contributed by atoms with Crippen molar-refractivity contribution >= 4 is 28.5 Å². The lowest BCUT2D eigenvalue weighted by molar-refractivity contribution is -0.115. The van der Waals surface area contributed by atoms with Gasteiger partial charge in [-0.15, -0.1) is 0 Å². The molecule has 0 atom stereocenters. The molecule has 1 amide bonds. The Morgan fingerprint density at radius 3 is 2.00 bits per heavy atom. The fourth-order valence-electron chi connectivity index (χ4n) is 0. The fourth-order valence-corrected chi connectivity index (χ4v) is 0. The van der Waals surface area contributed by atoms with E-state index in [9.17, 15) is 4.79 Å². The third-order valence-electron chi connectivity index (χ3n) is 0.132. The standard InChI is InChI=1S/C2H4INO.H2O/c3-1-2(4)5;/h1H2,(H2,4,5);1H2. The van der Waals surface area contributed by atoms with Gasteiger partial charge in [-0.2, -0.15) is 0 Å². The lowest BCUT2D eigenvalue weighted by Gasteiger charge is -1.71. The summed E-state index contributed by atoms with van der Waals surface area (Å²) in [7, 11) is 0. The third kappa shape index (κ3) is 8.90. The van der Waals surface area contributed by atoms with Crippen molar-refractivity contribution in [2.45, 2.75) is 0 Å². The molecular weight excluding hydrogens is 197 g/mol. The van der Waals surface area contributed by atoms with Crippen molar-refractivity contribution in [3.8, 4) is 0 Å². The summed E-state index contributed by atoms with van der Waals surface area (Å²) in [6.45, 7) is 0. The molecule has 38 valence electrons. The van der Waals surface area contributed by atoms with Gasteiger partial charge in [0.05, 0.1) is 4.43 Å². The highest BCUT2D eigenvalue weighted by Gasteiger charge is 1.79. The van der Waals surface area contributed by atoms with Gasteiger partial charge in [-0.05, 0) is 0 Å². The van der Waals surface area contributed by atoms with Gasteiger partial charge in [0.15, 0.2) is 0 Å². The van der Waals surface area contributed by atoms with Crippen molar-refractivity contribution in [2.24, 2.45) is 5.73 Å². The van der Waals surface area contributed by atoms with Crippen molar-refractivity contribution in [3.63, 3.8) is 0 Å². The van der Waals surface area contributed by atoms with Crippen molar-refractivity contribution in [3.05, 3.63) is 0 Å². The Balaban J connectivity index is 0. The zero-order valence-corrected chi connectivity index (χ0v) is 5.23. The summed E-state index contributed by atoms with van der Waals surface area (Å²) in [4.78, 5) is 9.58. The van der Waals surface area contributed by atoms with E-state index in [4.69, 9.17) is 0 Å². The number of carbonyl (C=O) groups excluding carboxylic acids is 1. The topological polar surface area (TPSA) is 74.6 Å². The van der Waals surface area contributed by atoms with E-state index in [0.717, 1.165) is 0 Å². The molecular formula is C2H6INO2. The van der Waals surface area contributed by atoms with Crippen LogP contribution in [0.5, 0.6) is 0 Å². The minimum Gasteiger partial charge on any atom is -0.412 e. The molecule has 0 spiro atoms. The van der Waals surface area contributed by atoms with E-state index in [-0.39, 0.29) is 11.4 Å². The number of carbonyl (C=O) groups is 1. The zero-order chi connectivity index (χ0) is 4.28. The summed E-state index contributed by atoms with van der Waals surface area (Å²) in [5, 5.41) is 0. The molecule has 0 aromatic carbocycles. The Morgan fingerprint density at radius 2 is 2.00 bits per heavy atom. The molecule has 0 saturated heterocycles. The average molecular weight is 203 g/mol. The number of hydrogen-bond donors (Lipinski definition) is 1. The molecule has 0 heterocycles. The number of nitrogens with two attached hydrogens (primary N) is 1. The van der Waals surface area contributed by atoms with Crippen LogP contribution in [0, 0.1) is 0 Å². The molecule has 0 aromatic heterocycles. The van der Waals surface area contributed by atoms with E-state index in [0.29, 0.717) is 4.43 Å². The predicted octanol–water partition coefficient (Wildman–Crippen LogP) is -0.918. The van der Waals surface area contributed by atoms with E-state index in [1.807, 2.05) is 22.6 Å². The number of primary amides is 1. The first-order valence-electron chi connectivity index (χ1n) is 1.11. The van der Waals surface area contributed by atoms with Crippen LogP contribution in [0.4, 0.5) is 0 Å². The Labute approximate surface area is 49.3 Å². The van der Waals surface area contributed by atoms with Crippen LogP contribution >= 0.6 is 22.6 Å². The smallest absolute Gasteiger partial charge is 0.227 e. The number of halogens is 1. The van der Waals surface area contributed by atoms with Gasteiger partial charge in [-0.25, -0.2) is 0 Å². The minimum atomic E-state index is -0.259. The molecule has 0 bridgehead atoms. The van der Waals surface area contributed by atoms with Crippen molar-refractivity contribution in [2.75, 3.05) is 4.43 Å². The van der Waals surface area contributed by atoms with Gasteiger partial charge in [0, 0.05) is 0 Å². The summed E-state index contributed by atoms with van der Waals surface area (Å²) in [6, 6.07) is 0.